The van der Waals surface area contributed by atoms with Gasteiger partial charge in [-0.05, 0) is 49.6 Å². The molecule has 0 bridgehead atoms. The van der Waals surface area contributed by atoms with Crippen molar-refractivity contribution in [3.63, 3.8) is 0 Å². The summed E-state index contributed by atoms with van der Waals surface area (Å²) in [6, 6.07) is 15.0. The van der Waals surface area contributed by atoms with Crippen LogP contribution in [0.25, 0.3) is 11.3 Å². The fourth-order valence-corrected chi connectivity index (χ4v) is 4.30. The lowest BCUT2D eigenvalue weighted by atomic mass is 10.0. The number of ether oxygens (including phenoxy) is 1. The Morgan fingerprint density at radius 2 is 2.00 bits per heavy atom. The van der Waals surface area contributed by atoms with E-state index in [2.05, 4.69) is 10.1 Å². The number of methoxy groups -OCH3 is 1. The molecule has 1 atom stereocenters. The van der Waals surface area contributed by atoms with Gasteiger partial charge in [0.05, 0.1) is 13.3 Å². The summed E-state index contributed by atoms with van der Waals surface area (Å²) in [6.45, 7) is 0.570. The molecule has 5 rings (SSSR count). The molecule has 2 aromatic carbocycles. The van der Waals surface area contributed by atoms with Gasteiger partial charge in [0.15, 0.2) is 0 Å². The van der Waals surface area contributed by atoms with E-state index in [9.17, 15) is 9.18 Å². The van der Waals surface area contributed by atoms with Gasteiger partial charge in [0.1, 0.15) is 29.1 Å². The molecule has 1 amide bonds. The number of benzene rings is 2. The van der Waals surface area contributed by atoms with Gasteiger partial charge in [-0.1, -0.05) is 23.4 Å². The van der Waals surface area contributed by atoms with Crippen LogP contribution in [0.2, 0.25) is 0 Å². The quantitative estimate of drug-likeness (QED) is 0.381. The Morgan fingerprint density at radius 3 is 2.82 bits per heavy atom. The van der Waals surface area contributed by atoms with Crippen LogP contribution in [0.1, 0.15) is 53.1 Å². The van der Waals surface area contributed by atoms with Crippen molar-refractivity contribution in [1.29, 1.82) is 0 Å². The second-order valence-electron chi connectivity index (χ2n) is 8.25. The number of carbonyl (C=O) groups is 1. The van der Waals surface area contributed by atoms with Gasteiger partial charge in [0.2, 0.25) is 11.7 Å². The van der Waals surface area contributed by atoms with Crippen LogP contribution in [0.4, 0.5) is 4.39 Å². The first kappa shape index (κ1) is 21.9. The molecule has 0 radical (unpaired) electrons. The van der Waals surface area contributed by atoms with Gasteiger partial charge in [-0.15, -0.1) is 0 Å². The van der Waals surface area contributed by atoms with Crippen molar-refractivity contribution in [3.05, 3.63) is 89.6 Å². The highest BCUT2D eigenvalue weighted by Crippen LogP contribution is 2.33. The van der Waals surface area contributed by atoms with Crippen molar-refractivity contribution < 1.29 is 22.9 Å². The molecule has 1 aliphatic rings. The predicted octanol–water partition coefficient (Wildman–Crippen LogP) is 5.44. The molecule has 0 saturated carbocycles. The van der Waals surface area contributed by atoms with Gasteiger partial charge in [0.25, 0.3) is 5.91 Å². The number of rotatable bonds is 6. The number of nitrogens with zero attached hydrogens (tertiary/aromatic N) is 3. The third-order valence-electron chi connectivity index (χ3n) is 6.04. The summed E-state index contributed by atoms with van der Waals surface area (Å²) in [5, 5.41) is 4.00. The summed E-state index contributed by atoms with van der Waals surface area (Å²) in [6.07, 6.45) is 4.85. The Balaban J connectivity index is 1.35. The van der Waals surface area contributed by atoms with Gasteiger partial charge in [-0.2, -0.15) is 0 Å². The molecule has 2 aromatic heterocycles. The lowest BCUT2D eigenvalue weighted by Gasteiger charge is -2.32. The first-order valence-electron chi connectivity index (χ1n) is 11.2. The number of likely N-dealkylation sites (tertiary alicyclic amines) is 1. The number of hydrogen-bond donors (Lipinski definition) is 0. The number of oxazole rings is 1. The predicted molar refractivity (Wildman–Crippen MR) is 122 cm³/mol. The van der Waals surface area contributed by atoms with Crippen LogP contribution in [0.3, 0.4) is 0 Å². The lowest BCUT2D eigenvalue weighted by Crippen LogP contribution is -2.38. The molecular weight excluding hydrogens is 437 g/mol. The highest BCUT2D eigenvalue weighted by Gasteiger charge is 2.34. The zero-order chi connectivity index (χ0) is 23.5. The molecule has 3 heterocycles. The van der Waals surface area contributed by atoms with Crippen molar-refractivity contribution in [2.75, 3.05) is 13.7 Å². The SMILES string of the molecule is COc1ccccc1Cc1cnc([C@H]2CCCCN2C(=O)c2cc(-c3ccc(F)cc3)no2)o1. The fraction of sp³-hybridized carbons (Fsp3) is 0.269. The number of para-hydroxylation sites is 1. The van der Waals surface area contributed by atoms with Crippen molar-refractivity contribution in [2.45, 2.75) is 31.7 Å². The summed E-state index contributed by atoms with van der Waals surface area (Å²) in [5.74, 6) is 1.53. The molecule has 1 fully saturated rings. The van der Waals surface area contributed by atoms with Gasteiger partial charge in [-0.25, -0.2) is 9.37 Å². The standard InChI is InChI=1S/C26H24FN3O4/c1-32-23-8-3-2-6-18(23)14-20-16-28-25(33-20)22-7-4-5-13-30(22)26(31)24-15-21(29-34-24)17-9-11-19(27)12-10-17/h2-3,6,8-12,15-16,22H,4-5,7,13-14H2,1H3/t22-/m1/s1. The summed E-state index contributed by atoms with van der Waals surface area (Å²) in [4.78, 5) is 19.5. The number of hydrogen-bond acceptors (Lipinski definition) is 6. The van der Waals surface area contributed by atoms with E-state index in [0.29, 0.717) is 35.9 Å². The Morgan fingerprint density at radius 1 is 1.18 bits per heavy atom. The van der Waals surface area contributed by atoms with Gasteiger partial charge in [0, 0.05) is 30.2 Å². The van der Waals surface area contributed by atoms with Gasteiger partial charge < -0.3 is 18.6 Å². The molecule has 0 unspecified atom stereocenters. The highest BCUT2D eigenvalue weighted by atomic mass is 19.1. The molecule has 34 heavy (non-hydrogen) atoms. The second kappa shape index (κ2) is 9.51. The monoisotopic (exact) mass is 461 g/mol. The minimum absolute atomic E-state index is 0.132. The Hall–Kier alpha value is -3.94. The van der Waals surface area contributed by atoms with Crippen molar-refractivity contribution in [2.24, 2.45) is 0 Å². The largest absolute Gasteiger partial charge is 0.496 e. The van der Waals surface area contributed by atoms with E-state index >= 15 is 0 Å². The van der Waals surface area contributed by atoms with Crippen molar-refractivity contribution >= 4 is 5.91 Å². The Labute approximate surface area is 196 Å². The average Bonchev–Trinajstić information content (AvgIpc) is 3.55. The minimum Gasteiger partial charge on any atom is -0.496 e. The van der Waals surface area contributed by atoms with E-state index in [1.807, 2.05) is 24.3 Å². The second-order valence-corrected chi connectivity index (χ2v) is 8.25. The molecule has 1 saturated heterocycles. The van der Waals surface area contributed by atoms with E-state index in [1.165, 1.54) is 12.1 Å². The average molecular weight is 461 g/mol. The van der Waals surface area contributed by atoms with Crippen LogP contribution < -0.4 is 4.74 Å². The van der Waals surface area contributed by atoms with Crippen molar-refractivity contribution in [3.8, 4) is 17.0 Å². The maximum absolute atomic E-state index is 13.3. The van der Waals surface area contributed by atoms with Crippen LogP contribution in [0.5, 0.6) is 5.75 Å². The summed E-state index contributed by atoms with van der Waals surface area (Å²) >= 11 is 0. The Bertz CT molecular complexity index is 1280. The maximum atomic E-state index is 13.3. The summed E-state index contributed by atoms with van der Waals surface area (Å²) < 4.78 is 30.1. The number of carbonyl (C=O) groups excluding carboxylic acids is 1. The summed E-state index contributed by atoms with van der Waals surface area (Å²) in [5.41, 5.74) is 2.15. The minimum atomic E-state index is -0.337. The summed E-state index contributed by atoms with van der Waals surface area (Å²) in [7, 11) is 1.64. The van der Waals surface area contributed by atoms with Crippen LogP contribution in [0.15, 0.2) is 69.7 Å². The zero-order valence-corrected chi connectivity index (χ0v) is 18.7. The number of halogens is 1. The zero-order valence-electron chi connectivity index (χ0n) is 18.7. The Kier molecular flexibility index (Phi) is 6.12. The molecule has 0 spiro atoms. The maximum Gasteiger partial charge on any atom is 0.293 e. The van der Waals surface area contributed by atoms with Crippen LogP contribution in [-0.4, -0.2) is 34.6 Å². The van der Waals surface area contributed by atoms with E-state index in [4.69, 9.17) is 13.7 Å². The van der Waals surface area contributed by atoms with E-state index in [1.54, 1.807) is 36.4 Å². The van der Waals surface area contributed by atoms with Gasteiger partial charge >= 0.3 is 0 Å². The van der Waals surface area contributed by atoms with Gasteiger partial charge in [-0.3, -0.25) is 4.79 Å². The van der Waals surface area contributed by atoms with E-state index < -0.39 is 0 Å². The smallest absolute Gasteiger partial charge is 0.293 e. The molecule has 8 heteroatoms. The molecule has 1 aliphatic heterocycles. The lowest BCUT2D eigenvalue weighted by molar-refractivity contribution is 0.0528. The molecule has 0 N–H and O–H groups in total. The van der Waals surface area contributed by atoms with E-state index in [-0.39, 0.29) is 23.5 Å². The van der Waals surface area contributed by atoms with Crippen LogP contribution in [0, 0.1) is 5.82 Å². The molecule has 0 aliphatic carbocycles. The molecule has 4 aromatic rings. The normalized spacial score (nSPS) is 15.9. The topological polar surface area (TPSA) is 81.6 Å². The van der Waals surface area contributed by atoms with Crippen molar-refractivity contribution in [1.82, 2.24) is 15.0 Å². The third kappa shape index (κ3) is 4.44. The molecule has 7 nitrogen and oxygen atoms in total. The molecular formula is C26H24FN3O4. The first-order chi connectivity index (χ1) is 16.6. The van der Waals surface area contributed by atoms with Crippen LogP contribution >= 0.6 is 0 Å². The van der Waals surface area contributed by atoms with Crippen LogP contribution in [-0.2, 0) is 6.42 Å². The number of amides is 1. The molecule has 174 valence electrons. The fourth-order valence-electron chi connectivity index (χ4n) is 4.30. The number of piperidine rings is 1. The highest BCUT2D eigenvalue weighted by molar-refractivity contribution is 5.92. The van der Waals surface area contributed by atoms with E-state index in [0.717, 1.165) is 30.6 Å². The third-order valence-corrected chi connectivity index (χ3v) is 6.04. The first-order valence-corrected chi connectivity index (χ1v) is 11.2. The number of aromatic nitrogens is 2.